The average Bonchev–Trinajstić information content (AvgIpc) is 3.22. The molecule has 0 radical (unpaired) electrons. The number of thiocarbonyl (C=S) groups is 1. The van der Waals surface area contributed by atoms with E-state index in [1.807, 2.05) is 6.07 Å². The number of hydrogen-bond acceptors (Lipinski definition) is 3. The highest BCUT2D eigenvalue weighted by molar-refractivity contribution is 7.80. The van der Waals surface area contributed by atoms with Crippen molar-refractivity contribution in [3.63, 3.8) is 0 Å². The van der Waals surface area contributed by atoms with Crippen molar-refractivity contribution in [2.75, 3.05) is 5.32 Å². The third-order valence-corrected chi connectivity index (χ3v) is 5.98. The van der Waals surface area contributed by atoms with Gasteiger partial charge in [-0.25, -0.2) is 0 Å². The number of rotatable bonds is 5. The molecule has 1 aromatic carbocycles. The molecule has 2 atom stereocenters. The Bertz CT molecular complexity index is 714. The SMILES string of the molecule is CCc1ccc(NC(=S)NC2C[C@H]3CC[C@H](C2)N3Cc2ccco2)cc1. The highest BCUT2D eigenvalue weighted by Crippen LogP contribution is 2.36. The fraction of sp³-hybridized carbons (Fsp3) is 0.476. The lowest BCUT2D eigenvalue weighted by molar-refractivity contribution is 0.106. The molecule has 2 aromatic rings. The second-order valence-electron chi connectivity index (χ2n) is 7.45. The summed E-state index contributed by atoms with van der Waals surface area (Å²) in [6.07, 6.45) is 7.68. The van der Waals surface area contributed by atoms with Gasteiger partial charge in [-0.05, 0) is 74.2 Å². The molecule has 4 rings (SSSR count). The van der Waals surface area contributed by atoms with E-state index in [0.717, 1.165) is 42.4 Å². The molecular formula is C21H27N3OS. The smallest absolute Gasteiger partial charge is 0.170 e. The van der Waals surface area contributed by atoms with Crippen molar-refractivity contribution in [1.29, 1.82) is 0 Å². The van der Waals surface area contributed by atoms with Gasteiger partial charge in [-0.1, -0.05) is 19.1 Å². The number of nitrogens with zero attached hydrogens (tertiary/aromatic N) is 1. The Labute approximate surface area is 161 Å². The minimum absolute atomic E-state index is 0.454. The Hall–Kier alpha value is -1.85. The maximum Gasteiger partial charge on any atom is 0.170 e. The molecule has 2 aliphatic heterocycles. The lowest BCUT2D eigenvalue weighted by atomic mass is 9.97. The van der Waals surface area contributed by atoms with E-state index in [4.69, 9.17) is 16.6 Å². The Morgan fingerprint density at radius 2 is 1.88 bits per heavy atom. The average molecular weight is 370 g/mol. The fourth-order valence-electron chi connectivity index (χ4n) is 4.41. The third-order valence-electron chi connectivity index (χ3n) is 5.76. The maximum atomic E-state index is 5.55. The number of furan rings is 1. The molecule has 26 heavy (non-hydrogen) atoms. The summed E-state index contributed by atoms with van der Waals surface area (Å²) in [5.74, 6) is 1.07. The van der Waals surface area contributed by atoms with E-state index in [1.54, 1.807) is 6.26 Å². The lowest BCUT2D eigenvalue weighted by Crippen LogP contribution is -2.50. The van der Waals surface area contributed by atoms with Crippen LogP contribution in [0.4, 0.5) is 5.69 Å². The summed E-state index contributed by atoms with van der Waals surface area (Å²) in [7, 11) is 0. The van der Waals surface area contributed by atoms with Crippen LogP contribution < -0.4 is 10.6 Å². The minimum atomic E-state index is 0.454. The number of hydrogen-bond donors (Lipinski definition) is 2. The molecular weight excluding hydrogens is 342 g/mol. The van der Waals surface area contributed by atoms with Crippen LogP contribution in [0.25, 0.3) is 0 Å². The second kappa shape index (κ2) is 7.80. The first-order valence-corrected chi connectivity index (χ1v) is 10.1. The molecule has 2 fully saturated rings. The fourth-order valence-corrected chi connectivity index (χ4v) is 4.69. The Kier molecular flexibility index (Phi) is 5.27. The van der Waals surface area contributed by atoms with Gasteiger partial charge in [0.25, 0.3) is 0 Å². The van der Waals surface area contributed by atoms with Gasteiger partial charge in [0.05, 0.1) is 12.8 Å². The van der Waals surface area contributed by atoms with Gasteiger partial charge in [-0.3, -0.25) is 4.90 Å². The second-order valence-corrected chi connectivity index (χ2v) is 7.86. The van der Waals surface area contributed by atoms with Crippen LogP contribution in [0.2, 0.25) is 0 Å². The molecule has 4 nitrogen and oxygen atoms in total. The molecule has 2 N–H and O–H groups in total. The molecule has 2 aliphatic rings. The van der Waals surface area contributed by atoms with Crippen molar-refractivity contribution < 1.29 is 4.42 Å². The maximum absolute atomic E-state index is 5.55. The molecule has 0 unspecified atom stereocenters. The number of nitrogens with one attached hydrogen (secondary N) is 2. The van der Waals surface area contributed by atoms with Crippen LogP contribution in [0.5, 0.6) is 0 Å². The lowest BCUT2D eigenvalue weighted by Gasteiger charge is -2.39. The number of fused-ring (bicyclic) bond motifs is 2. The zero-order chi connectivity index (χ0) is 17.9. The van der Waals surface area contributed by atoms with E-state index in [1.165, 1.54) is 18.4 Å². The van der Waals surface area contributed by atoms with E-state index in [-0.39, 0.29) is 0 Å². The van der Waals surface area contributed by atoms with Crippen LogP contribution in [0.3, 0.4) is 0 Å². The van der Waals surface area contributed by atoms with Gasteiger partial charge >= 0.3 is 0 Å². The van der Waals surface area contributed by atoms with Gasteiger partial charge in [0.1, 0.15) is 5.76 Å². The molecule has 0 spiro atoms. The van der Waals surface area contributed by atoms with Gasteiger partial charge in [-0.2, -0.15) is 0 Å². The molecule has 1 aromatic heterocycles. The molecule has 3 heterocycles. The quantitative estimate of drug-likeness (QED) is 0.768. The molecule has 138 valence electrons. The first-order valence-electron chi connectivity index (χ1n) is 9.66. The number of piperidine rings is 1. The predicted molar refractivity (Wildman–Crippen MR) is 109 cm³/mol. The first-order chi connectivity index (χ1) is 12.7. The monoisotopic (exact) mass is 369 g/mol. The number of anilines is 1. The van der Waals surface area contributed by atoms with Crippen LogP contribution in [-0.4, -0.2) is 28.1 Å². The van der Waals surface area contributed by atoms with Crippen LogP contribution >= 0.6 is 12.2 Å². The van der Waals surface area contributed by atoms with E-state index in [2.05, 4.69) is 52.8 Å². The van der Waals surface area contributed by atoms with Crippen LogP contribution in [0.15, 0.2) is 47.1 Å². The zero-order valence-corrected chi connectivity index (χ0v) is 16.1. The van der Waals surface area contributed by atoms with Gasteiger partial charge in [-0.15, -0.1) is 0 Å². The third kappa shape index (κ3) is 3.94. The zero-order valence-electron chi connectivity index (χ0n) is 15.3. The minimum Gasteiger partial charge on any atom is -0.468 e. The van der Waals surface area contributed by atoms with Gasteiger partial charge < -0.3 is 15.1 Å². The van der Waals surface area contributed by atoms with Crippen LogP contribution in [0, 0.1) is 0 Å². The predicted octanol–water partition coefficient (Wildman–Crippen LogP) is 4.32. The normalized spacial score (nSPS) is 25.2. The van der Waals surface area contributed by atoms with Crippen molar-refractivity contribution in [3.8, 4) is 0 Å². The summed E-state index contributed by atoms with van der Waals surface area (Å²) in [6.45, 7) is 3.10. The van der Waals surface area contributed by atoms with Crippen molar-refractivity contribution in [2.45, 2.75) is 63.7 Å². The number of benzene rings is 1. The topological polar surface area (TPSA) is 40.4 Å². The largest absolute Gasteiger partial charge is 0.468 e. The molecule has 5 heteroatoms. The van der Waals surface area contributed by atoms with Gasteiger partial charge in [0.15, 0.2) is 5.11 Å². The molecule has 0 saturated carbocycles. The van der Waals surface area contributed by atoms with Crippen molar-refractivity contribution >= 4 is 23.0 Å². The Balaban J connectivity index is 1.30. The Morgan fingerprint density at radius 1 is 1.15 bits per heavy atom. The van der Waals surface area contributed by atoms with Gasteiger partial charge in [0, 0.05) is 23.8 Å². The summed E-state index contributed by atoms with van der Waals surface area (Å²) < 4.78 is 5.55. The van der Waals surface area contributed by atoms with E-state index in [0.29, 0.717) is 18.1 Å². The van der Waals surface area contributed by atoms with Crippen molar-refractivity contribution in [1.82, 2.24) is 10.2 Å². The Morgan fingerprint density at radius 3 is 2.50 bits per heavy atom. The van der Waals surface area contributed by atoms with E-state index >= 15 is 0 Å². The van der Waals surface area contributed by atoms with Gasteiger partial charge in [0.2, 0.25) is 0 Å². The highest BCUT2D eigenvalue weighted by Gasteiger charge is 2.41. The molecule has 2 bridgehead atoms. The molecule has 2 saturated heterocycles. The van der Waals surface area contributed by atoms with Crippen LogP contribution in [-0.2, 0) is 13.0 Å². The molecule has 0 aliphatic carbocycles. The standard InChI is InChI=1S/C21H27N3OS/c1-2-15-5-7-16(8-6-15)22-21(26)23-17-12-18-9-10-19(13-17)24(18)14-20-4-3-11-25-20/h3-8,11,17-19H,2,9-10,12-14H2,1H3,(H2,22,23,26)/t18-,19-/m1/s1. The first kappa shape index (κ1) is 17.6. The highest BCUT2D eigenvalue weighted by atomic mass is 32.1. The summed E-state index contributed by atoms with van der Waals surface area (Å²) >= 11 is 5.55. The van der Waals surface area contributed by atoms with Crippen LogP contribution in [0.1, 0.15) is 43.9 Å². The summed E-state index contributed by atoms with van der Waals surface area (Å²) in [6, 6.07) is 14.3. The number of aryl methyl sites for hydroxylation is 1. The summed E-state index contributed by atoms with van der Waals surface area (Å²) in [5, 5.41) is 7.61. The summed E-state index contributed by atoms with van der Waals surface area (Å²) in [4.78, 5) is 2.62. The summed E-state index contributed by atoms with van der Waals surface area (Å²) in [5.41, 5.74) is 2.40. The molecule has 0 amide bonds. The van der Waals surface area contributed by atoms with E-state index < -0.39 is 0 Å². The van der Waals surface area contributed by atoms with Crippen molar-refractivity contribution in [3.05, 3.63) is 54.0 Å². The van der Waals surface area contributed by atoms with E-state index in [9.17, 15) is 0 Å². The van der Waals surface area contributed by atoms with Crippen molar-refractivity contribution in [2.24, 2.45) is 0 Å².